The second kappa shape index (κ2) is 2.14. The highest BCUT2D eigenvalue weighted by Crippen LogP contribution is 1.66. The van der Waals surface area contributed by atoms with Crippen molar-refractivity contribution in [3.8, 4) is 0 Å². The Balaban J connectivity index is 2.54. The highest BCUT2D eigenvalue weighted by Gasteiger charge is 1.92. The van der Waals surface area contributed by atoms with Crippen LogP contribution in [0, 0.1) is 0 Å². The fraction of sp³-hybridized carbons (Fsp3) is 1.00. The Morgan fingerprint density at radius 2 is 1.80 bits per heavy atom. The van der Waals surface area contributed by atoms with Crippen molar-refractivity contribution in [3.05, 3.63) is 0 Å². The maximum atomic E-state index is 9.09. The van der Waals surface area contributed by atoms with Crippen molar-refractivity contribution in [3.63, 3.8) is 0 Å². The van der Waals surface area contributed by atoms with Gasteiger partial charge in [0.25, 0.3) is 0 Å². The molecule has 0 unspecified atom stereocenters. The van der Waals surface area contributed by atoms with Crippen LogP contribution in [0.3, 0.4) is 0 Å². The largest absolute Gasteiger partial charge is 0.391 e. The molecule has 0 aromatic carbocycles. The van der Waals surface area contributed by atoms with E-state index in [-0.39, 0.29) is 0 Å². The van der Waals surface area contributed by atoms with Gasteiger partial charge in [0.15, 0.2) is 0 Å². The van der Waals surface area contributed by atoms with E-state index in [2.05, 4.69) is 0 Å². The van der Waals surface area contributed by atoms with Crippen LogP contribution in [0.5, 0.6) is 0 Å². The molecule has 1 N–H and O–H groups in total. The summed E-state index contributed by atoms with van der Waals surface area (Å²) in [6, 6.07) is 0. The zero-order valence-electron chi connectivity index (χ0n) is 2.55. The first-order chi connectivity index (χ1) is 2.27. The van der Waals surface area contributed by atoms with E-state index >= 15 is 0 Å². The molecule has 0 spiro atoms. The Hall–Kier alpha value is -0.120. The fourth-order valence-corrected chi connectivity index (χ4v) is 0. The molecule has 0 heterocycles. The van der Waals surface area contributed by atoms with Crippen molar-refractivity contribution in [2.45, 2.75) is 6.29 Å². The summed E-state index contributed by atoms with van der Waals surface area (Å²) in [4.78, 5) is 0. The average Bonchev–Trinajstić information content (AvgIpc) is 1.38. The van der Waals surface area contributed by atoms with Crippen LogP contribution in [0.1, 0.15) is 0 Å². The van der Waals surface area contributed by atoms with Crippen molar-refractivity contribution in [1.29, 1.82) is 0 Å². The summed E-state index contributed by atoms with van der Waals surface area (Å²) in [5.74, 6) is 0. The number of aliphatic hydroxyl groups excluding tert-OH is 1. The molecule has 0 aliphatic carbocycles. The van der Waals surface area contributed by atoms with Gasteiger partial charge in [0.2, 0.25) is 6.29 Å². The van der Waals surface area contributed by atoms with Crippen LogP contribution >= 0.6 is 0 Å². The Morgan fingerprint density at radius 3 is 1.80 bits per heavy atom. The number of hydrogen-bond acceptors (Lipinski definition) is 1. The van der Waals surface area contributed by atoms with E-state index in [4.69, 9.17) is 15.3 Å². The number of rotatable bonds is 1. The van der Waals surface area contributed by atoms with Crippen LogP contribution in [0.2, 0.25) is 0 Å². The standard InChI is InChI=1S/C2H4O3/c3-1-2(4)5/h2-3H,1H2. The van der Waals surface area contributed by atoms with Crippen LogP contribution in [0.4, 0.5) is 0 Å². The van der Waals surface area contributed by atoms with Crippen LogP contribution in [0.25, 0.3) is 0 Å². The van der Waals surface area contributed by atoms with Gasteiger partial charge in [-0.05, 0) is 0 Å². The van der Waals surface area contributed by atoms with Gasteiger partial charge in [-0.3, -0.25) is 0 Å². The average molecular weight is 76.1 g/mol. The lowest BCUT2D eigenvalue weighted by atomic mass is 10.7. The van der Waals surface area contributed by atoms with Crippen LogP contribution in [0.15, 0.2) is 0 Å². The molecule has 0 aliphatic rings. The predicted molar refractivity (Wildman–Crippen MR) is 12.2 cm³/mol. The minimum Gasteiger partial charge on any atom is -0.391 e. The van der Waals surface area contributed by atoms with Crippen LogP contribution in [-0.2, 0) is 10.2 Å². The molecule has 0 saturated carbocycles. The monoisotopic (exact) mass is 76.0 g/mol. The van der Waals surface area contributed by atoms with Crippen molar-refractivity contribution < 1.29 is 15.3 Å². The van der Waals surface area contributed by atoms with E-state index < -0.39 is 12.9 Å². The third-order valence-corrected chi connectivity index (χ3v) is 0.149. The van der Waals surface area contributed by atoms with Gasteiger partial charge >= 0.3 is 0 Å². The molecule has 5 heavy (non-hydrogen) atoms. The molecule has 0 saturated heterocycles. The number of aliphatic hydroxyl groups is 1. The molecule has 3 nitrogen and oxygen atoms in total. The van der Waals surface area contributed by atoms with E-state index in [0.717, 1.165) is 0 Å². The molecule has 2 radical (unpaired) electrons. The zero-order chi connectivity index (χ0) is 4.28. The van der Waals surface area contributed by atoms with Gasteiger partial charge in [-0.25, -0.2) is 0 Å². The molecule has 0 aromatic rings. The highest BCUT2D eigenvalue weighted by molar-refractivity contribution is 4.19. The summed E-state index contributed by atoms with van der Waals surface area (Å²) in [5.41, 5.74) is 0. The first-order valence-corrected chi connectivity index (χ1v) is 1.20. The topological polar surface area (TPSA) is 60.0 Å². The quantitative estimate of drug-likeness (QED) is 0.407. The Morgan fingerprint density at radius 1 is 1.60 bits per heavy atom. The van der Waals surface area contributed by atoms with E-state index in [0.29, 0.717) is 0 Å². The molecule has 0 atom stereocenters. The maximum absolute atomic E-state index is 9.09. The molecule has 0 fully saturated rings. The minimum absolute atomic E-state index is 0.806. The fourth-order valence-electron chi connectivity index (χ4n) is 0. The zero-order valence-corrected chi connectivity index (χ0v) is 2.55. The van der Waals surface area contributed by atoms with Gasteiger partial charge in [0.05, 0.1) is 0 Å². The van der Waals surface area contributed by atoms with Crippen LogP contribution < -0.4 is 0 Å². The third kappa shape index (κ3) is 3.88. The smallest absolute Gasteiger partial charge is 0.247 e. The van der Waals surface area contributed by atoms with E-state index in [1.54, 1.807) is 0 Å². The summed E-state index contributed by atoms with van der Waals surface area (Å²) >= 11 is 0. The highest BCUT2D eigenvalue weighted by atomic mass is 16.5. The molecule has 0 bridgehead atoms. The second-order valence-corrected chi connectivity index (χ2v) is 0.612. The maximum Gasteiger partial charge on any atom is 0.247 e. The first-order valence-electron chi connectivity index (χ1n) is 1.20. The summed E-state index contributed by atoms with van der Waals surface area (Å²) in [5, 5.41) is 25.7. The molecular weight excluding hydrogens is 72.0 g/mol. The van der Waals surface area contributed by atoms with Gasteiger partial charge in [0.1, 0.15) is 6.61 Å². The van der Waals surface area contributed by atoms with Crippen molar-refractivity contribution in [2.24, 2.45) is 0 Å². The van der Waals surface area contributed by atoms with E-state index in [9.17, 15) is 0 Å². The van der Waals surface area contributed by atoms with Gasteiger partial charge in [0, 0.05) is 0 Å². The van der Waals surface area contributed by atoms with Crippen molar-refractivity contribution in [2.75, 3.05) is 6.61 Å². The summed E-state index contributed by atoms with van der Waals surface area (Å²) < 4.78 is 0. The molecule has 30 valence electrons. The van der Waals surface area contributed by atoms with Crippen molar-refractivity contribution in [1.82, 2.24) is 0 Å². The first kappa shape index (κ1) is 4.88. The normalized spacial score (nSPS) is 9.60. The molecule has 0 rings (SSSR count). The lowest BCUT2D eigenvalue weighted by Crippen LogP contribution is -2.04. The molecule has 0 aromatic heterocycles. The van der Waals surface area contributed by atoms with Gasteiger partial charge in [-0.1, -0.05) is 0 Å². The van der Waals surface area contributed by atoms with Crippen LogP contribution in [-0.4, -0.2) is 18.0 Å². The summed E-state index contributed by atoms with van der Waals surface area (Å²) in [6.07, 6.45) is -2.06. The lowest BCUT2D eigenvalue weighted by molar-refractivity contribution is -0.159. The van der Waals surface area contributed by atoms with E-state index in [1.165, 1.54) is 0 Å². The second-order valence-electron chi connectivity index (χ2n) is 0.612. The molecular formula is C2H4O3. The molecule has 3 heteroatoms. The Labute approximate surface area is 29.5 Å². The number of hydrogen-bond donors (Lipinski definition) is 1. The minimum atomic E-state index is -2.06. The lowest BCUT2D eigenvalue weighted by Gasteiger charge is -1.81. The molecule has 0 aliphatic heterocycles. The van der Waals surface area contributed by atoms with Gasteiger partial charge in [-0.2, -0.15) is 10.2 Å². The van der Waals surface area contributed by atoms with Gasteiger partial charge < -0.3 is 5.11 Å². The van der Waals surface area contributed by atoms with Gasteiger partial charge in [-0.15, -0.1) is 0 Å². The Bertz CT molecular complexity index is 18.9. The van der Waals surface area contributed by atoms with Crippen molar-refractivity contribution >= 4 is 0 Å². The Kier molecular flexibility index (Phi) is 2.09. The summed E-state index contributed by atoms with van der Waals surface area (Å²) in [7, 11) is 0. The third-order valence-electron chi connectivity index (χ3n) is 0.149. The summed E-state index contributed by atoms with van der Waals surface area (Å²) in [6.45, 7) is -0.806. The van der Waals surface area contributed by atoms with E-state index in [1.807, 2.05) is 0 Å². The molecule has 0 amide bonds. The SMILES string of the molecule is [O]C([O])CO. The predicted octanol–water partition coefficient (Wildman–Crippen LogP) is -0.834.